The van der Waals surface area contributed by atoms with Crippen LogP contribution in [0.15, 0.2) is 4.99 Å². The molecule has 0 radical (unpaired) electrons. The molecule has 1 N–H and O–H groups in total. The zero-order chi connectivity index (χ0) is 18.7. The predicted molar refractivity (Wildman–Crippen MR) is 120 cm³/mol. The molecule has 1 aliphatic heterocycles. The van der Waals surface area contributed by atoms with Crippen LogP contribution in [0.4, 0.5) is 0 Å². The number of carbonyl (C=O) groups is 1. The second kappa shape index (κ2) is 9.76. The molecular weight excluding hydrogens is 455 g/mol. The van der Waals surface area contributed by atoms with E-state index in [-0.39, 0.29) is 29.9 Å². The summed E-state index contributed by atoms with van der Waals surface area (Å²) in [6.45, 7) is 9.60. The van der Waals surface area contributed by atoms with Gasteiger partial charge >= 0.3 is 0 Å². The number of fused-ring (bicyclic) bond motifs is 2. The zero-order valence-corrected chi connectivity index (χ0v) is 19.7. The number of aliphatic imine (C=N–C) groups is 1. The van der Waals surface area contributed by atoms with E-state index >= 15 is 0 Å². The van der Waals surface area contributed by atoms with Crippen molar-refractivity contribution in [2.75, 3.05) is 39.8 Å². The van der Waals surface area contributed by atoms with Gasteiger partial charge in [0, 0.05) is 50.7 Å². The topological polar surface area (TPSA) is 57.2 Å². The molecule has 1 amide bonds. The third-order valence-electron chi connectivity index (χ3n) is 6.73. The van der Waals surface area contributed by atoms with Crippen molar-refractivity contribution in [3.8, 4) is 0 Å². The Morgan fingerprint density at radius 1 is 1.22 bits per heavy atom. The smallest absolute Gasteiger partial charge is 0.242 e. The molecule has 1 heterocycles. The molecule has 6 nitrogen and oxygen atoms in total. The molecule has 3 unspecified atom stereocenters. The number of halogens is 1. The van der Waals surface area contributed by atoms with Gasteiger partial charge in [-0.3, -0.25) is 9.79 Å². The Bertz CT molecular complexity index is 532. The molecule has 0 aromatic carbocycles. The Labute approximate surface area is 181 Å². The van der Waals surface area contributed by atoms with E-state index in [0.717, 1.165) is 38.6 Å². The van der Waals surface area contributed by atoms with Gasteiger partial charge in [-0.25, -0.2) is 0 Å². The van der Waals surface area contributed by atoms with E-state index in [4.69, 9.17) is 9.73 Å². The molecule has 1 spiro atoms. The number of hydrogen-bond acceptors (Lipinski definition) is 3. The van der Waals surface area contributed by atoms with E-state index in [1.807, 2.05) is 30.7 Å². The van der Waals surface area contributed by atoms with E-state index in [9.17, 15) is 4.79 Å². The van der Waals surface area contributed by atoms with Gasteiger partial charge in [0.1, 0.15) is 0 Å². The molecule has 1 saturated heterocycles. The lowest BCUT2D eigenvalue weighted by Gasteiger charge is -2.57. The summed E-state index contributed by atoms with van der Waals surface area (Å²) < 4.78 is 6.09. The highest BCUT2D eigenvalue weighted by molar-refractivity contribution is 14.0. The van der Waals surface area contributed by atoms with Gasteiger partial charge in [0.15, 0.2) is 5.96 Å². The summed E-state index contributed by atoms with van der Waals surface area (Å²) in [5, 5.41) is 3.76. The maximum absolute atomic E-state index is 12.5. The van der Waals surface area contributed by atoms with Crippen molar-refractivity contribution in [3.05, 3.63) is 0 Å². The van der Waals surface area contributed by atoms with E-state index in [1.54, 1.807) is 0 Å². The second-order valence-electron chi connectivity index (χ2n) is 8.03. The van der Waals surface area contributed by atoms with Crippen LogP contribution in [-0.2, 0) is 9.53 Å². The number of hydrogen-bond donors (Lipinski definition) is 1. The van der Waals surface area contributed by atoms with E-state index in [2.05, 4.69) is 12.2 Å². The number of rotatable bonds is 6. The summed E-state index contributed by atoms with van der Waals surface area (Å²) in [4.78, 5) is 21.1. The molecule has 3 atom stereocenters. The first kappa shape index (κ1) is 22.7. The average molecular weight is 492 g/mol. The summed E-state index contributed by atoms with van der Waals surface area (Å²) in [6, 6.07) is 0.439. The number of guanidine groups is 1. The standard InChI is InChI=1S/C20H36N4O2.HI/c1-5-21-19(23(4)14-16(25)24(6-2)7-3)22-17-15-10-13-26-18(15)20(17)11-8-9-12-20;/h15,17-18H,5-14H2,1-4H3,(H,21,22);1H. The number of nitrogens with one attached hydrogen (secondary N) is 1. The first-order valence-electron chi connectivity index (χ1n) is 10.5. The predicted octanol–water partition coefficient (Wildman–Crippen LogP) is 2.72. The van der Waals surface area contributed by atoms with Crippen LogP contribution in [0.1, 0.15) is 52.9 Å². The fourth-order valence-corrected chi connectivity index (χ4v) is 5.42. The molecule has 156 valence electrons. The normalized spacial score (nSPS) is 28.3. The Morgan fingerprint density at radius 3 is 2.48 bits per heavy atom. The molecule has 2 aliphatic carbocycles. The number of nitrogens with zero attached hydrogens (tertiary/aromatic N) is 3. The minimum Gasteiger partial charge on any atom is -0.377 e. The SMILES string of the molecule is CCN=C(NC1C2CCOC2C12CCCC2)N(C)CC(=O)N(CC)CC.I. The molecule has 27 heavy (non-hydrogen) atoms. The fraction of sp³-hybridized carbons (Fsp3) is 0.900. The summed E-state index contributed by atoms with van der Waals surface area (Å²) in [5.41, 5.74) is 0.291. The van der Waals surface area contributed by atoms with E-state index in [1.165, 1.54) is 25.7 Å². The van der Waals surface area contributed by atoms with Crippen molar-refractivity contribution in [3.63, 3.8) is 0 Å². The van der Waals surface area contributed by atoms with Crippen molar-refractivity contribution in [2.45, 2.75) is 65.0 Å². The van der Waals surface area contributed by atoms with Crippen LogP contribution in [0, 0.1) is 11.3 Å². The maximum Gasteiger partial charge on any atom is 0.242 e. The quantitative estimate of drug-likeness (QED) is 0.352. The Balaban J connectivity index is 0.00000261. The lowest BCUT2D eigenvalue weighted by atomic mass is 9.54. The van der Waals surface area contributed by atoms with Gasteiger partial charge < -0.3 is 19.9 Å². The summed E-state index contributed by atoms with van der Waals surface area (Å²) in [7, 11) is 1.98. The number of ether oxygens (including phenoxy) is 1. The minimum absolute atomic E-state index is 0. The van der Waals surface area contributed by atoms with E-state index < -0.39 is 0 Å². The van der Waals surface area contributed by atoms with Gasteiger partial charge in [-0.05, 0) is 40.0 Å². The van der Waals surface area contributed by atoms with Crippen molar-refractivity contribution in [1.29, 1.82) is 0 Å². The van der Waals surface area contributed by atoms with Gasteiger partial charge in [-0.15, -0.1) is 24.0 Å². The van der Waals surface area contributed by atoms with Crippen LogP contribution in [0.3, 0.4) is 0 Å². The van der Waals surface area contributed by atoms with Crippen LogP contribution in [0.2, 0.25) is 0 Å². The highest BCUT2D eigenvalue weighted by atomic mass is 127. The van der Waals surface area contributed by atoms with Crippen LogP contribution in [-0.4, -0.2) is 73.6 Å². The summed E-state index contributed by atoms with van der Waals surface area (Å²) in [6.07, 6.45) is 6.71. The number of likely N-dealkylation sites (N-methyl/N-ethyl adjacent to an activating group) is 2. The molecule has 0 aromatic heterocycles. The molecule has 2 saturated carbocycles. The van der Waals surface area contributed by atoms with Gasteiger partial charge in [0.05, 0.1) is 12.6 Å². The van der Waals surface area contributed by atoms with Crippen molar-refractivity contribution < 1.29 is 9.53 Å². The van der Waals surface area contributed by atoms with Crippen molar-refractivity contribution >= 4 is 35.8 Å². The molecule has 7 heteroatoms. The highest BCUT2D eigenvalue weighted by Gasteiger charge is 2.65. The summed E-state index contributed by atoms with van der Waals surface area (Å²) >= 11 is 0. The van der Waals surface area contributed by atoms with Crippen LogP contribution >= 0.6 is 24.0 Å². The van der Waals surface area contributed by atoms with Crippen LogP contribution in [0.25, 0.3) is 0 Å². The first-order valence-corrected chi connectivity index (χ1v) is 10.5. The van der Waals surface area contributed by atoms with Gasteiger partial charge in [0.25, 0.3) is 0 Å². The molecular formula is C20H37IN4O2. The van der Waals surface area contributed by atoms with E-state index in [0.29, 0.717) is 30.0 Å². The lowest BCUT2D eigenvalue weighted by molar-refractivity contribution is -0.131. The lowest BCUT2D eigenvalue weighted by Crippen LogP contribution is -2.69. The molecule has 3 fully saturated rings. The maximum atomic E-state index is 12.5. The fourth-order valence-electron chi connectivity index (χ4n) is 5.42. The largest absolute Gasteiger partial charge is 0.377 e. The summed E-state index contributed by atoms with van der Waals surface area (Å²) in [5.74, 6) is 1.63. The van der Waals surface area contributed by atoms with Gasteiger partial charge in [0.2, 0.25) is 5.91 Å². The molecule has 0 bridgehead atoms. The first-order chi connectivity index (χ1) is 12.6. The van der Waals surface area contributed by atoms with Gasteiger partial charge in [-0.2, -0.15) is 0 Å². The number of amides is 1. The molecule has 3 aliphatic rings. The van der Waals surface area contributed by atoms with Gasteiger partial charge in [-0.1, -0.05) is 12.8 Å². The number of carbonyl (C=O) groups excluding carboxylic acids is 1. The Morgan fingerprint density at radius 2 is 1.89 bits per heavy atom. The monoisotopic (exact) mass is 492 g/mol. The molecule has 3 rings (SSSR count). The Kier molecular flexibility index (Phi) is 8.21. The minimum atomic E-state index is 0. The van der Waals surface area contributed by atoms with Crippen LogP contribution < -0.4 is 5.32 Å². The van der Waals surface area contributed by atoms with Crippen molar-refractivity contribution in [1.82, 2.24) is 15.1 Å². The molecule has 0 aromatic rings. The third-order valence-corrected chi connectivity index (χ3v) is 6.73. The highest BCUT2D eigenvalue weighted by Crippen LogP contribution is 2.60. The Hall–Kier alpha value is -0.570. The third kappa shape index (κ3) is 4.23. The zero-order valence-electron chi connectivity index (χ0n) is 17.4. The second-order valence-corrected chi connectivity index (χ2v) is 8.03. The van der Waals surface area contributed by atoms with Crippen LogP contribution in [0.5, 0.6) is 0 Å². The van der Waals surface area contributed by atoms with Crippen molar-refractivity contribution in [2.24, 2.45) is 16.3 Å². The average Bonchev–Trinajstić information content (AvgIpc) is 3.28.